The van der Waals surface area contributed by atoms with Crippen molar-refractivity contribution >= 4 is 5.69 Å². The first-order valence-electron chi connectivity index (χ1n) is 5.97. The van der Waals surface area contributed by atoms with Gasteiger partial charge in [0.15, 0.2) is 0 Å². The summed E-state index contributed by atoms with van der Waals surface area (Å²) >= 11 is 0. The van der Waals surface area contributed by atoms with Crippen molar-refractivity contribution in [3.63, 3.8) is 0 Å². The van der Waals surface area contributed by atoms with Gasteiger partial charge >= 0.3 is 0 Å². The van der Waals surface area contributed by atoms with E-state index in [0.717, 1.165) is 18.7 Å². The third-order valence-electron chi connectivity index (χ3n) is 2.30. The molecule has 0 saturated carbocycles. The molecule has 0 amide bonds. The molecule has 0 aliphatic rings. The second-order valence-corrected chi connectivity index (χ2v) is 4.76. The van der Waals surface area contributed by atoms with Gasteiger partial charge in [-0.25, -0.2) is 4.68 Å². The minimum absolute atomic E-state index is 0.0468. The van der Waals surface area contributed by atoms with Crippen molar-refractivity contribution in [1.29, 1.82) is 0 Å². The van der Waals surface area contributed by atoms with Gasteiger partial charge in [0.05, 0.1) is 11.9 Å². The van der Waals surface area contributed by atoms with E-state index in [4.69, 9.17) is 0 Å². The normalized spacial score (nSPS) is 11.2. The number of hydrogen-bond acceptors (Lipinski definition) is 4. The van der Waals surface area contributed by atoms with Crippen LogP contribution in [0.2, 0.25) is 0 Å². The number of anilines is 1. The van der Waals surface area contributed by atoms with Crippen LogP contribution in [0.25, 0.3) is 0 Å². The molecule has 0 aliphatic heterocycles. The summed E-state index contributed by atoms with van der Waals surface area (Å²) in [5.74, 6) is 0. The van der Waals surface area contributed by atoms with Crippen molar-refractivity contribution in [2.45, 2.75) is 32.9 Å². The maximum atomic E-state index is 11.7. The number of aromatic nitrogens is 2. The predicted molar refractivity (Wildman–Crippen MR) is 70.4 cm³/mol. The standard InChI is InChI=1S/C12H22N4O/c1-10(2)14-11-8-12(17)16(13-9-11)7-5-6-15(3)4/h8-10,14H,5-7H2,1-4H3. The molecule has 0 unspecified atom stereocenters. The van der Waals surface area contributed by atoms with Gasteiger partial charge in [-0.2, -0.15) is 5.10 Å². The maximum absolute atomic E-state index is 11.7. The number of rotatable bonds is 6. The molecule has 0 aromatic carbocycles. The van der Waals surface area contributed by atoms with Crippen LogP contribution in [0.3, 0.4) is 0 Å². The number of hydrogen-bond donors (Lipinski definition) is 1. The minimum Gasteiger partial charge on any atom is -0.381 e. The van der Waals surface area contributed by atoms with Gasteiger partial charge in [0.2, 0.25) is 0 Å². The molecule has 0 atom stereocenters. The summed E-state index contributed by atoms with van der Waals surface area (Å²) in [5, 5.41) is 7.31. The fourth-order valence-electron chi connectivity index (χ4n) is 1.55. The molecule has 0 bridgehead atoms. The second kappa shape index (κ2) is 6.39. The molecule has 5 heteroatoms. The third-order valence-corrected chi connectivity index (χ3v) is 2.30. The molecule has 1 aromatic heterocycles. The Morgan fingerprint density at radius 3 is 2.71 bits per heavy atom. The molecular formula is C12H22N4O. The first kappa shape index (κ1) is 13.7. The fourth-order valence-corrected chi connectivity index (χ4v) is 1.55. The van der Waals surface area contributed by atoms with Crippen molar-refractivity contribution < 1.29 is 0 Å². The minimum atomic E-state index is -0.0468. The van der Waals surface area contributed by atoms with E-state index < -0.39 is 0 Å². The first-order valence-corrected chi connectivity index (χ1v) is 5.97. The van der Waals surface area contributed by atoms with E-state index in [9.17, 15) is 4.79 Å². The Balaban J connectivity index is 2.60. The average molecular weight is 238 g/mol. The van der Waals surface area contributed by atoms with Crippen molar-refractivity contribution in [3.05, 3.63) is 22.6 Å². The lowest BCUT2D eigenvalue weighted by molar-refractivity contribution is 0.377. The van der Waals surface area contributed by atoms with E-state index in [1.54, 1.807) is 12.3 Å². The van der Waals surface area contributed by atoms with Crippen LogP contribution in [-0.2, 0) is 6.54 Å². The van der Waals surface area contributed by atoms with E-state index >= 15 is 0 Å². The Bertz CT molecular complexity index is 398. The van der Waals surface area contributed by atoms with Crippen molar-refractivity contribution in [2.75, 3.05) is 26.0 Å². The fraction of sp³-hybridized carbons (Fsp3) is 0.667. The molecule has 1 N–H and O–H groups in total. The lowest BCUT2D eigenvalue weighted by atomic mass is 10.3. The van der Waals surface area contributed by atoms with Crippen LogP contribution in [0, 0.1) is 0 Å². The summed E-state index contributed by atoms with van der Waals surface area (Å²) in [6, 6.07) is 1.91. The number of aryl methyl sites for hydroxylation is 1. The van der Waals surface area contributed by atoms with E-state index in [0.29, 0.717) is 12.6 Å². The van der Waals surface area contributed by atoms with Crippen LogP contribution in [0.5, 0.6) is 0 Å². The smallest absolute Gasteiger partial charge is 0.268 e. The highest BCUT2D eigenvalue weighted by molar-refractivity contribution is 5.39. The van der Waals surface area contributed by atoms with E-state index in [2.05, 4.69) is 15.3 Å². The molecule has 0 radical (unpaired) electrons. The first-order chi connectivity index (χ1) is 7.99. The molecule has 1 aromatic rings. The van der Waals surface area contributed by atoms with Gasteiger partial charge in [-0.15, -0.1) is 0 Å². The molecule has 0 saturated heterocycles. The second-order valence-electron chi connectivity index (χ2n) is 4.76. The summed E-state index contributed by atoms with van der Waals surface area (Å²) < 4.78 is 1.51. The summed E-state index contributed by atoms with van der Waals surface area (Å²) in [4.78, 5) is 13.8. The lowest BCUT2D eigenvalue weighted by Gasteiger charge is -2.11. The molecule has 0 spiro atoms. The number of nitrogens with one attached hydrogen (secondary N) is 1. The van der Waals surface area contributed by atoms with Crippen LogP contribution >= 0.6 is 0 Å². The molecule has 5 nitrogen and oxygen atoms in total. The molecule has 1 heterocycles. The Morgan fingerprint density at radius 2 is 2.18 bits per heavy atom. The van der Waals surface area contributed by atoms with Gasteiger partial charge in [-0.1, -0.05) is 0 Å². The summed E-state index contributed by atoms with van der Waals surface area (Å²) in [7, 11) is 4.04. The van der Waals surface area contributed by atoms with Crippen LogP contribution in [-0.4, -0.2) is 41.4 Å². The maximum Gasteiger partial charge on any atom is 0.268 e. The monoisotopic (exact) mass is 238 g/mol. The van der Waals surface area contributed by atoms with E-state index in [1.165, 1.54) is 4.68 Å². The summed E-state index contributed by atoms with van der Waals surface area (Å²) in [6.45, 7) is 5.68. The van der Waals surface area contributed by atoms with Crippen molar-refractivity contribution in [3.8, 4) is 0 Å². The molecular weight excluding hydrogens is 216 g/mol. The molecule has 96 valence electrons. The van der Waals surface area contributed by atoms with Crippen LogP contribution in [0.4, 0.5) is 5.69 Å². The Kier molecular flexibility index (Phi) is 5.15. The van der Waals surface area contributed by atoms with E-state index in [1.807, 2.05) is 27.9 Å². The molecule has 1 rings (SSSR count). The Morgan fingerprint density at radius 1 is 1.47 bits per heavy atom. The topological polar surface area (TPSA) is 50.2 Å². The zero-order valence-electron chi connectivity index (χ0n) is 11.1. The highest BCUT2D eigenvalue weighted by atomic mass is 16.1. The van der Waals surface area contributed by atoms with Crippen LogP contribution < -0.4 is 10.9 Å². The van der Waals surface area contributed by atoms with Gasteiger partial charge in [0.1, 0.15) is 0 Å². The number of nitrogens with zero attached hydrogens (tertiary/aromatic N) is 3. The SMILES string of the molecule is CC(C)Nc1cnn(CCCN(C)C)c(=O)c1. The largest absolute Gasteiger partial charge is 0.381 e. The van der Waals surface area contributed by atoms with E-state index in [-0.39, 0.29) is 5.56 Å². The Labute approximate surface area is 102 Å². The van der Waals surface area contributed by atoms with Gasteiger partial charge < -0.3 is 10.2 Å². The molecule has 0 fully saturated rings. The van der Waals surface area contributed by atoms with Crippen molar-refractivity contribution in [2.24, 2.45) is 0 Å². The third kappa shape index (κ3) is 4.99. The summed E-state index contributed by atoms with van der Waals surface area (Å²) in [6.07, 6.45) is 2.63. The average Bonchev–Trinajstić information content (AvgIpc) is 2.20. The zero-order chi connectivity index (χ0) is 12.8. The van der Waals surface area contributed by atoms with Gasteiger partial charge in [0.25, 0.3) is 5.56 Å². The molecule has 0 aliphatic carbocycles. The highest BCUT2D eigenvalue weighted by Crippen LogP contribution is 2.02. The lowest BCUT2D eigenvalue weighted by Crippen LogP contribution is -2.25. The van der Waals surface area contributed by atoms with Gasteiger partial charge in [-0.3, -0.25) is 4.79 Å². The molecule has 17 heavy (non-hydrogen) atoms. The summed E-state index contributed by atoms with van der Waals surface area (Å²) in [5.41, 5.74) is 0.739. The highest BCUT2D eigenvalue weighted by Gasteiger charge is 2.01. The van der Waals surface area contributed by atoms with Crippen LogP contribution in [0.15, 0.2) is 17.1 Å². The van der Waals surface area contributed by atoms with Crippen LogP contribution in [0.1, 0.15) is 20.3 Å². The van der Waals surface area contributed by atoms with Gasteiger partial charge in [0, 0.05) is 18.7 Å². The van der Waals surface area contributed by atoms with Gasteiger partial charge in [-0.05, 0) is 40.9 Å². The van der Waals surface area contributed by atoms with Crippen molar-refractivity contribution in [1.82, 2.24) is 14.7 Å². The zero-order valence-corrected chi connectivity index (χ0v) is 11.1. The quantitative estimate of drug-likeness (QED) is 0.804. The Hall–Kier alpha value is -1.36. The predicted octanol–water partition coefficient (Wildman–Crippen LogP) is 1.02.